The van der Waals surface area contributed by atoms with Gasteiger partial charge in [-0.15, -0.1) is 0 Å². The fraction of sp³-hybridized carbons (Fsp3) is 0.0909. The van der Waals surface area contributed by atoms with E-state index < -0.39 is 17.6 Å². The minimum absolute atomic E-state index is 0.0700. The second-order valence-electron chi connectivity index (χ2n) is 3.50. The molecular formula is C11H8F3N3O. The van der Waals surface area contributed by atoms with Gasteiger partial charge in [-0.25, -0.2) is 0 Å². The molecule has 18 heavy (non-hydrogen) atoms. The van der Waals surface area contributed by atoms with Gasteiger partial charge >= 0.3 is 6.18 Å². The zero-order chi connectivity index (χ0) is 13.2. The van der Waals surface area contributed by atoms with Crippen LogP contribution in [0.3, 0.4) is 0 Å². The molecule has 0 saturated carbocycles. The minimum Gasteiger partial charge on any atom is -0.307 e. The van der Waals surface area contributed by atoms with Crippen molar-refractivity contribution in [2.75, 3.05) is 5.32 Å². The second kappa shape index (κ2) is 4.52. The highest BCUT2D eigenvalue weighted by Gasteiger charge is 2.30. The lowest BCUT2D eigenvalue weighted by atomic mass is 10.1. The zero-order valence-corrected chi connectivity index (χ0v) is 8.95. The Bertz CT molecular complexity index is 549. The molecule has 2 N–H and O–H groups in total. The maximum atomic E-state index is 12.5. The first kappa shape index (κ1) is 12.2. The minimum atomic E-state index is -4.47. The zero-order valence-electron chi connectivity index (χ0n) is 8.95. The quantitative estimate of drug-likeness (QED) is 0.866. The number of hydrogen-bond acceptors (Lipinski definition) is 2. The van der Waals surface area contributed by atoms with Crippen molar-refractivity contribution >= 4 is 11.7 Å². The van der Waals surface area contributed by atoms with Crippen LogP contribution in [0.2, 0.25) is 0 Å². The number of nitrogens with one attached hydrogen (secondary N) is 2. The largest absolute Gasteiger partial charge is 0.416 e. The van der Waals surface area contributed by atoms with Crippen LogP contribution in [0.4, 0.5) is 19.0 Å². The topological polar surface area (TPSA) is 57.8 Å². The fourth-order valence-electron chi connectivity index (χ4n) is 1.36. The highest BCUT2D eigenvalue weighted by atomic mass is 19.4. The molecule has 0 unspecified atom stereocenters. The molecule has 0 spiro atoms. The predicted octanol–water partition coefficient (Wildman–Crippen LogP) is 2.68. The molecule has 7 heteroatoms. The predicted molar refractivity (Wildman–Crippen MR) is 58.0 cm³/mol. The number of halogens is 3. The summed E-state index contributed by atoms with van der Waals surface area (Å²) < 4.78 is 37.4. The van der Waals surface area contributed by atoms with E-state index in [4.69, 9.17) is 0 Å². The van der Waals surface area contributed by atoms with Gasteiger partial charge in [-0.1, -0.05) is 6.07 Å². The molecule has 0 aliphatic heterocycles. The summed E-state index contributed by atoms with van der Waals surface area (Å²) in [5, 5.41) is 8.48. The van der Waals surface area contributed by atoms with Crippen LogP contribution in [0.25, 0.3) is 0 Å². The Hall–Kier alpha value is -2.31. The molecule has 1 amide bonds. The van der Waals surface area contributed by atoms with Crippen molar-refractivity contribution in [2.24, 2.45) is 0 Å². The molecule has 0 fully saturated rings. The number of rotatable bonds is 2. The number of carbonyl (C=O) groups excluding carboxylic acids is 1. The fourth-order valence-corrected chi connectivity index (χ4v) is 1.36. The Kier molecular flexibility index (Phi) is 3.05. The molecule has 2 aromatic rings. The number of aromatic amines is 1. The first-order valence-corrected chi connectivity index (χ1v) is 4.95. The van der Waals surface area contributed by atoms with Crippen LogP contribution in [0.15, 0.2) is 36.5 Å². The first-order valence-electron chi connectivity index (χ1n) is 4.95. The van der Waals surface area contributed by atoms with E-state index >= 15 is 0 Å². The molecule has 0 aliphatic carbocycles. The number of amides is 1. The summed E-state index contributed by atoms with van der Waals surface area (Å²) in [7, 11) is 0. The third-order valence-electron chi connectivity index (χ3n) is 2.20. The molecule has 1 aromatic carbocycles. The SMILES string of the molecule is O=C(Nc1ccn[nH]1)c1cccc(C(F)(F)F)c1. The van der Waals surface area contributed by atoms with Gasteiger partial charge in [0.1, 0.15) is 5.82 Å². The number of anilines is 1. The maximum Gasteiger partial charge on any atom is 0.416 e. The van der Waals surface area contributed by atoms with Crippen molar-refractivity contribution in [3.8, 4) is 0 Å². The van der Waals surface area contributed by atoms with Crippen LogP contribution in [0.5, 0.6) is 0 Å². The Morgan fingerprint density at radius 3 is 2.67 bits per heavy atom. The van der Waals surface area contributed by atoms with E-state index in [1.807, 2.05) is 0 Å². The molecule has 0 bridgehead atoms. The summed E-state index contributed by atoms with van der Waals surface area (Å²) in [4.78, 5) is 11.7. The van der Waals surface area contributed by atoms with Crippen LogP contribution in [0, 0.1) is 0 Å². The molecular weight excluding hydrogens is 247 g/mol. The molecule has 1 aromatic heterocycles. The van der Waals surface area contributed by atoms with Crippen molar-refractivity contribution in [1.29, 1.82) is 0 Å². The Balaban J connectivity index is 2.21. The molecule has 94 valence electrons. The van der Waals surface area contributed by atoms with Crippen molar-refractivity contribution in [3.05, 3.63) is 47.7 Å². The molecule has 2 rings (SSSR count). The lowest BCUT2D eigenvalue weighted by Crippen LogP contribution is -2.14. The standard InChI is InChI=1S/C11H8F3N3O/c12-11(13,14)8-3-1-2-7(6-8)10(18)16-9-4-5-15-17-9/h1-6H,(H2,15,16,17,18). The Labute approximate surface area is 99.8 Å². The van der Waals surface area contributed by atoms with E-state index in [0.717, 1.165) is 12.1 Å². The van der Waals surface area contributed by atoms with Gasteiger partial charge in [-0.2, -0.15) is 18.3 Å². The van der Waals surface area contributed by atoms with Gasteiger partial charge in [-0.05, 0) is 18.2 Å². The number of H-pyrrole nitrogens is 1. The van der Waals surface area contributed by atoms with Crippen LogP contribution >= 0.6 is 0 Å². The summed E-state index contributed by atoms with van der Waals surface area (Å²) in [6.07, 6.45) is -3.05. The summed E-state index contributed by atoms with van der Waals surface area (Å²) in [6.45, 7) is 0. The van der Waals surface area contributed by atoms with E-state index in [-0.39, 0.29) is 5.56 Å². The van der Waals surface area contributed by atoms with E-state index in [2.05, 4.69) is 15.5 Å². The number of nitrogens with zero attached hydrogens (tertiary/aromatic N) is 1. The normalized spacial score (nSPS) is 11.3. The van der Waals surface area contributed by atoms with Gasteiger partial charge in [0.05, 0.1) is 11.8 Å². The highest BCUT2D eigenvalue weighted by molar-refractivity contribution is 6.03. The van der Waals surface area contributed by atoms with Gasteiger partial charge < -0.3 is 5.32 Å². The maximum absolute atomic E-state index is 12.5. The van der Waals surface area contributed by atoms with E-state index in [0.29, 0.717) is 5.82 Å². The van der Waals surface area contributed by atoms with Gasteiger partial charge in [0.25, 0.3) is 5.91 Å². The summed E-state index contributed by atoms with van der Waals surface area (Å²) in [5.74, 6) is -0.317. The van der Waals surface area contributed by atoms with Crippen LogP contribution in [0.1, 0.15) is 15.9 Å². The van der Waals surface area contributed by atoms with E-state index in [1.165, 1.54) is 24.4 Å². The molecule has 0 saturated heterocycles. The molecule has 4 nitrogen and oxygen atoms in total. The van der Waals surface area contributed by atoms with Crippen LogP contribution < -0.4 is 5.32 Å². The number of aromatic nitrogens is 2. The van der Waals surface area contributed by atoms with Gasteiger partial charge in [0, 0.05) is 11.6 Å². The van der Waals surface area contributed by atoms with Gasteiger partial charge in [0.15, 0.2) is 0 Å². The molecule has 0 aliphatic rings. The van der Waals surface area contributed by atoms with Crippen molar-refractivity contribution in [3.63, 3.8) is 0 Å². The van der Waals surface area contributed by atoms with Crippen molar-refractivity contribution in [2.45, 2.75) is 6.18 Å². The Morgan fingerprint density at radius 2 is 2.06 bits per heavy atom. The van der Waals surface area contributed by atoms with Crippen LogP contribution in [-0.4, -0.2) is 16.1 Å². The highest BCUT2D eigenvalue weighted by Crippen LogP contribution is 2.29. The molecule has 0 radical (unpaired) electrons. The lowest BCUT2D eigenvalue weighted by Gasteiger charge is -2.08. The second-order valence-corrected chi connectivity index (χ2v) is 3.50. The lowest BCUT2D eigenvalue weighted by molar-refractivity contribution is -0.137. The van der Waals surface area contributed by atoms with Crippen molar-refractivity contribution in [1.82, 2.24) is 10.2 Å². The summed E-state index contributed by atoms with van der Waals surface area (Å²) in [5.41, 5.74) is -0.931. The monoisotopic (exact) mass is 255 g/mol. The smallest absolute Gasteiger partial charge is 0.307 e. The summed E-state index contributed by atoms with van der Waals surface area (Å²) >= 11 is 0. The van der Waals surface area contributed by atoms with E-state index in [9.17, 15) is 18.0 Å². The van der Waals surface area contributed by atoms with Gasteiger partial charge in [-0.3, -0.25) is 9.89 Å². The first-order chi connectivity index (χ1) is 8.47. The average molecular weight is 255 g/mol. The number of hydrogen-bond donors (Lipinski definition) is 2. The van der Waals surface area contributed by atoms with Crippen LogP contribution in [-0.2, 0) is 6.18 Å². The van der Waals surface area contributed by atoms with E-state index in [1.54, 1.807) is 0 Å². The number of alkyl halides is 3. The average Bonchev–Trinajstić information content (AvgIpc) is 2.81. The Morgan fingerprint density at radius 1 is 1.28 bits per heavy atom. The third-order valence-corrected chi connectivity index (χ3v) is 2.20. The third kappa shape index (κ3) is 2.68. The summed E-state index contributed by atoms with van der Waals surface area (Å²) in [6, 6.07) is 5.69. The molecule has 0 atom stereocenters. The van der Waals surface area contributed by atoms with Crippen molar-refractivity contribution < 1.29 is 18.0 Å². The van der Waals surface area contributed by atoms with Gasteiger partial charge in [0.2, 0.25) is 0 Å². The number of carbonyl (C=O) groups is 1. The number of benzene rings is 1. The molecule has 1 heterocycles.